The fraction of sp³-hybridized carbons (Fsp3) is 0.200. The molecule has 0 aromatic heterocycles. The number of methoxy groups -OCH3 is 2. The second-order valence-electron chi connectivity index (χ2n) is 7.60. The number of amides is 2. The number of benzene rings is 3. The fourth-order valence-electron chi connectivity index (χ4n) is 3.92. The zero-order valence-corrected chi connectivity index (χ0v) is 18.1. The van der Waals surface area contributed by atoms with Crippen LogP contribution in [0.15, 0.2) is 66.7 Å². The molecule has 0 bridgehead atoms. The standard InChI is InChI=1S/C25H24N2O5/c1-16-8-10-17(11-9-16)25(30)19-6-4-5-7-20(19)27(24(25)29)15-23(28)26-18-12-13-21(31-2)22(14-18)32-3/h4-14,30H,15H2,1-3H3,(H,26,28)/t25-/m1/s1. The van der Waals surface area contributed by atoms with E-state index in [1.165, 1.54) is 19.1 Å². The zero-order valence-electron chi connectivity index (χ0n) is 18.1. The molecular formula is C25H24N2O5. The molecule has 2 N–H and O–H groups in total. The number of anilines is 2. The Bertz CT molecular complexity index is 1180. The van der Waals surface area contributed by atoms with Crippen LogP contribution in [0.5, 0.6) is 11.5 Å². The largest absolute Gasteiger partial charge is 0.493 e. The monoisotopic (exact) mass is 432 g/mol. The number of aryl methyl sites for hydroxylation is 1. The summed E-state index contributed by atoms with van der Waals surface area (Å²) >= 11 is 0. The van der Waals surface area contributed by atoms with Gasteiger partial charge in [-0.05, 0) is 30.7 Å². The number of carbonyl (C=O) groups excluding carboxylic acids is 2. The molecule has 164 valence electrons. The normalized spacial score (nSPS) is 17.1. The molecular weight excluding hydrogens is 408 g/mol. The fourth-order valence-corrected chi connectivity index (χ4v) is 3.92. The molecule has 32 heavy (non-hydrogen) atoms. The first-order valence-electron chi connectivity index (χ1n) is 10.1. The first-order valence-corrected chi connectivity index (χ1v) is 10.1. The number of fused-ring (bicyclic) bond motifs is 1. The van der Waals surface area contributed by atoms with E-state index < -0.39 is 17.4 Å². The maximum absolute atomic E-state index is 13.4. The maximum atomic E-state index is 13.4. The van der Waals surface area contributed by atoms with Crippen LogP contribution in [0.2, 0.25) is 0 Å². The molecule has 0 radical (unpaired) electrons. The second-order valence-corrected chi connectivity index (χ2v) is 7.60. The third-order valence-electron chi connectivity index (χ3n) is 5.58. The van der Waals surface area contributed by atoms with E-state index in [1.54, 1.807) is 54.6 Å². The van der Waals surface area contributed by atoms with Crippen molar-refractivity contribution >= 4 is 23.2 Å². The Labute approximate surface area is 186 Å². The smallest absolute Gasteiger partial charge is 0.268 e. The van der Waals surface area contributed by atoms with E-state index in [4.69, 9.17) is 9.47 Å². The van der Waals surface area contributed by atoms with Crippen LogP contribution in [-0.4, -0.2) is 37.7 Å². The highest BCUT2D eigenvalue weighted by molar-refractivity contribution is 6.12. The molecule has 2 amide bonds. The molecule has 3 aromatic carbocycles. The minimum absolute atomic E-state index is 0.252. The minimum Gasteiger partial charge on any atom is -0.493 e. The summed E-state index contributed by atoms with van der Waals surface area (Å²) in [5.74, 6) is 0.0393. The van der Waals surface area contributed by atoms with Crippen LogP contribution < -0.4 is 19.7 Å². The molecule has 7 heteroatoms. The van der Waals surface area contributed by atoms with Gasteiger partial charge in [-0.3, -0.25) is 14.5 Å². The molecule has 0 unspecified atom stereocenters. The van der Waals surface area contributed by atoms with Gasteiger partial charge in [0.2, 0.25) is 5.91 Å². The van der Waals surface area contributed by atoms with Gasteiger partial charge in [-0.2, -0.15) is 0 Å². The van der Waals surface area contributed by atoms with Crippen molar-refractivity contribution in [3.05, 3.63) is 83.4 Å². The Balaban J connectivity index is 1.61. The summed E-state index contributed by atoms with van der Waals surface area (Å²) in [5.41, 5.74) is 1.08. The summed E-state index contributed by atoms with van der Waals surface area (Å²) in [6.45, 7) is 1.68. The predicted octanol–water partition coefficient (Wildman–Crippen LogP) is 3.23. The van der Waals surface area contributed by atoms with Crippen LogP contribution in [-0.2, 0) is 15.2 Å². The van der Waals surface area contributed by atoms with Gasteiger partial charge in [-0.1, -0.05) is 48.0 Å². The number of ether oxygens (including phenoxy) is 2. The maximum Gasteiger partial charge on any atom is 0.268 e. The average Bonchev–Trinajstić information content (AvgIpc) is 3.02. The molecule has 7 nitrogen and oxygen atoms in total. The number of aliphatic hydroxyl groups is 1. The highest BCUT2D eigenvalue weighted by Gasteiger charge is 2.51. The first-order chi connectivity index (χ1) is 15.4. The quantitative estimate of drug-likeness (QED) is 0.624. The number of hydrogen-bond donors (Lipinski definition) is 2. The van der Waals surface area contributed by atoms with Crippen molar-refractivity contribution in [1.82, 2.24) is 0 Å². The van der Waals surface area contributed by atoms with Crippen LogP contribution in [0.4, 0.5) is 11.4 Å². The summed E-state index contributed by atoms with van der Waals surface area (Å²) in [5, 5.41) is 14.3. The molecule has 0 spiro atoms. The lowest BCUT2D eigenvalue weighted by Crippen LogP contribution is -2.44. The molecule has 1 aliphatic rings. The van der Waals surface area contributed by atoms with Gasteiger partial charge < -0.3 is 19.9 Å². The Morgan fingerprint density at radius 1 is 1.00 bits per heavy atom. The van der Waals surface area contributed by atoms with Crippen LogP contribution in [0, 0.1) is 6.92 Å². The van der Waals surface area contributed by atoms with Crippen molar-refractivity contribution in [1.29, 1.82) is 0 Å². The lowest BCUT2D eigenvalue weighted by molar-refractivity contribution is -0.133. The number of carbonyl (C=O) groups is 2. The van der Waals surface area contributed by atoms with Crippen molar-refractivity contribution in [2.75, 3.05) is 31.0 Å². The van der Waals surface area contributed by atoms with Gasteiger partial charge in [0.05, 0.1) is 19.9 Å². The summed E-state index contributed by atoms with van der Waals surface area (Å²) < 4.78 is 10.5. The predicted molar refractivity (Wildman–Crippen MR) is 121 cm³/mol. The van der Waals surface area contributed by atoms with Crippen LogP contribution in [0.3, 0.4) is 0 Å². The Morgan fingerprint density at radius 3 is 2.38 bits per heavy atom. The van der Waals surface area contributed by atoms with Crippen molar-refractivity contribution < 1.29 is 24.2 Å². The zero-order chi connectivity index (χ0) is 22.9. The van der Waals surface area contributed by atoms with Gasteiger partial charge in [0.1, 0.15) is 6.54 Å². The van der Waals surface area contributed by atoms with E-state index in [0.717, 1.165) is 5.56 Å². The second kappa shape index (κ2) is 8.36. The van der Waals surface area contributed by atoms with Crippen molar-refractivity contribution in [3.63, 3.8) is 0 Å². The molecule has 0 saturated heterocycles. The van der Waals surface area contributed by atoms with Crippen LogP contribution in [0.25, 0.3) is 0 Å². The Morgan fingerprint density at radius 2 is 1.69 bits per heavy atom. The van der Waals surface area contributed by atoms with E-state index >= 15 is 0 Å². The number of para-hydroxylation sites is 1. The number of hydrogen-bond acceptors (Lipinski definition) is 5. The first kappa shape index (κ1) is 21.4. The van der Waals surface area contributed by atoms with Gasteiger partial charge in [0, 0.05) is 17.3 Å². The number of nitrogens with one attached hydrogen (secondary N) is 1. The molecule has 3 aromatic rings. The molecule has 1 aliphatic heterocycles. The van der Waals surface area contributed by atoms with E-state index in [-0.39, 0.29) is 6.54 Å². The summed E-state index contributed by atoms with van der Waals surface area (Å²) in [7, 11) is 3.04. The lowest BCUT2D eigenvalue weighted by Gasteiger charge is -2.23. The lowest BCUT2D eigenvalue weighted by atomic mass is 9.87. The average molecular weight is 432 g/mol. The minimum atomic E-state index is -1.85. The highest BCUT2D eigenvalue weighted by Crippen LogP contribution is 2.44. The highest BCUT2D eigenvalue weighted by atomic mass is 16.5. The molecule has 0 aliphatic carbocycles. The van der Waals surface area contributed by atoms with Gasteiger partial charge in [0.25, 0.3) is 5.91 Å². The van der Waals surface area contributed by atoms with Gasteiger partial charge in [0.15, 0.2) is 17.1 Å². The topological polar surface area (TPSA) is 88.1 Å². The van der Waals surface area contributed by atoms with E-state index in [2.05, 4.69) is 5.32 Å². The molecule has 4 rings (SSSR count). The molecule has 0 fully saturated rings. The number of nitrogens with zero attached hydrogens (tertiary/aromatic N) is 1. The number of rotatable bonds is 6. The van der Waals surface area contributed by atoms with Crippen LogP contribution in [0.1, 0.15) is 16.7 Å². The van der Waals surface area contributed by atoms with E-state index in [9.17, 15) is 14.7 Å². The molecule has 0 saturated carbocycles. The van der Waals surface area contributed by atoms with Crippen molar-refractivity contribution in [2.24, 2.45) is 0 Å². The van der Waals surface area contributed by atoms with Gasteiger partial charge in [-0.15, -0.1) is 0 Å². The third-order valence-corrected chi connectivity index (χ3v) is 5.58. The van der Waals surface area contributed by atoms with Crippen LogP contribution >= 0.6 is 0 Å². The van der Waals surface area contributed by atoms with Gasteiger partial charge in [-0.25, -0.2) is 0 Å². The third kappa shape index (κ3) is 3.56. The SMILES string of the molecule is COc1ccc(NC(=O)CN2C(=O)[C@@](O)(c3ccc(C)cc3)c3ccccc32)cc1OC. The Kier molecular flexibility index (Phi) is 5.59. The summed E-state index contributed by atoms with van der Waals surface area (Å²) in [6.07, 6.45) is 0. The summed E-state index contributed by atoms with van der Waals surface area (Å²) in [4.78, 5) is 27.5. The Hall–Kier alpha value is -3.84. The van der Waals surface area contributed by atoms with Crippen molar-refractivity contribution in [2.45, 2.75) is 12.5 Å². The van der Waals surface area contributed by atoms with E-state index in [0.29, 0.717) is 34.0 Å². The molecule has 1 heterocycles. The molecule has 1 atom stereocenters. The van der Waals surface area contributed by atoms with Crippen molar-refractivity contribution in [3.8, 4) is 11.5 Å². The van der Waals surface area contributed by atoms with E-state index in [1.807, 2.05) is 19.1 Å². The summed E-state index contributed by atoms with van der Waals surface area (Å²) in [6, 6.07) is 19.1. The van der Waals surface area contributed by atoms with Gasteiger partial charge >= 0.3 is 0 Å².